The standard InChI is InChI=1S/C18H21FN2O2S/c1-13-10-16(23-2)17(24-13)18(22)21-8-6-20(7-9-21)12-14-4-3-5-15(19)11-14/h3-5,10-11H,6-9,12H2,1-2H3. The monoisotopic (exact) mass is 348 g/mol. The van der Waals surface area contributed by atoms with Crippen LogP contribution in [0.3, 0.4) is 0 Å². The Labute approximate surface area is 145 Å². The third-order valence-corrected chi connectivity index (χ3v) is 5.21. The Hall–Kier alpha value is -1.92. The van der Waals surface area contributed by atoms with E-state index in [0.29, 0.717) is 30.3 Å². The van der Waals surface area contributed by atoms with Crippen LogP contribution in [0.2, 0.25) is 0 Å². The molecule has 1 aliphatic heterocycles. The first-order chi connectivity index (χ1) is 11.6. The van der Waals surface area contributed by atoms with Gasteiger partial charge in [-0.15, -0.1) is 11.3 Å². The van der Waals surface area contributed by atoms with Gasteiger partial charge in [-0.2, -0.15) is 0 Å². The third kappa shape index (κ3) is 3.76. The molecule has 4 nitrogen and oxygen atoms in total. The van der Waals surface area contributed by atoms with E-state index in [1.807, 2.05) is 24.0 Å². The van der Waals surface area contributed by atoms with Crippen molar-refractivity contribution in [2.75, 3.05) is 33.3 Å². The molecule has 0 unspecified atom stereocenters. The summed E-state index contributed by atoms with van der Waals surface area (Å²) >= 11 is 1.47. The van der Waals surface area contributed by atoms with Gasteiger partial charge >= 0.3 is 0 Å². The van der Waals surface area contributed by atoms with Crippen molar-refractivity contribution in [1.29, 1.82) is 0 Å². The lowest BCUT2D eigenvalue weighted by Crippen LogP contribution is -2.48. The summed E-state index contributed by atoms with van der Waals surface area (Å²) in [5, 5.41) is 0. The minimum absolute atomic E-state index is 0.0374. The van der Waals surface area contributed by atoms with E-state index in [2.05, 4.69) is 4.90 Å². The van der Waals surface area contributed by atoms with Crippen LogP contribution in [-0.2, 0) is 6.54 Å². The van der Waals surface area contributed by atoms with Gasteiger partial charge in [0.25, 0.3) is 5.91 Å². The van der Waals surface area contributed by atoms with Crippen LogP contribution >= 0.6 is 11.3 Å². The molecular formula is C18H21FN2O2S. The fraction of sp³-hybridized carbons (Fsp3) is 0.389. The molecule has 3 rings (SSSR count). The van der Waals surface area contributed by atoms with Gasteiger partial charge in [0.05, 0.1) is 7.11 Å². The molecule has 1 amide bonds. The molecule has 1 fully saturated rings. The molecular weight excluding hydrogens is 327 g/mol. The number of piperazine rings is 1. The first-order valence-electron chi connectivity index (χ1n) is 7.97. The number of amides is 1. The van der Waals surface area contributed by atoms with Crippen molar-refractivity contribution in [2.45, 2.75) is 13.5 Å². The predicted octanol–water partition coefficient (Wildman–Crippen LogP) is 3.16. The second-order valence-electron chi connectivity index (χ2n) is 5.95. The van der Waals surface area contributed by atoms with Gasteiger partial charge < -0.3 is 9.64 Å². The lowest BCUT2D eigenvalue weighted by atomic mass is 10.2. The molecule has 1 aromatic heterocycles. The zero-order valence-electron chi connectivity index (χ0n) is 13.9. The smallest absolute Gasteiger partial charge is 0.267 e. The average molecular weight is 348 g/mol. The van der Waals surface area contributed by atoms with Crippen LogP contribution in [0.5, 0.6) is 5.75 Å². The van der Waals surface area contributed by atoms with E-state index in [9.17, 15) is 9.18 Å². The number of rotatable bonds is 4. The van der Waals surface area contributed by atoms with E-state index >= 15 is 0 Å². The summed E-state index contributed by atoms with van der Waals surface area (Å²) in [4.78, 5) is 18.6. The molecule has 24 heavy (non-hydrogen) atoms. The quantitative estimate of drug-likeness (QED) is 0.851. The van der Waals surface area contributed by atoms with E-state index in [4.69, 9.17) is 4.74 Å². The van der Waals surface area contributed by atoms with Gasteiger partial charge in [-0.05, 0) is 30.7 Å². The maximum atomic E-state index is 13.3. The minimum Gasteiger partial charge on any atom is -0.495 e. The van der Waals surface area contributed by atoms with Crippen LogP contribution in [0.4, 0.5) is 4.39 Å². The number of hydrogen-bond donors (Lipinski definition) is 0. The molecule has 0 bridgehead atoms. The summed E-state index contributed by atoms with van der Waals surface area (Å²) in [5.41, 5.74) is 0.963. The zero-order chi connectivity index (χ0) is 17.1. The molecule has 0 radical (unpaired) electrons. The summed E-state index contributed by atoms with van der Waals surface area (Å²) in [7, 11) is 1.59. The molecule has 0 N–H and O–H groups in total. The van der Waals surface area contributed by atoms with E-state index in [-0.39, 0.29) is 11.7 Å². The van der Waals surface area contributed by atoms with Gasteiger partial charge in [-0.1, -0.05) is 12.1 Å². The lowest BCUT2D eigenvalue weighted by Gasteiger charge is -2.34. The number of methoxy groups -OCH3 is 1. The molecule has 0 aliphatic carbocycles. The fourth-order valence-electron chi connectivity index (χ4n) is 2.94. The fourth-order valence-corrected chi connectivity index (χ4v) is 3.88. The summed E-state index contributed by atoms with van der Waals surface area (Å²) in [6, 6.07) is 8.58. The average Bonchev–Trinajstić information content (AvgIpc) is 2.96. The highest BCUT2D eigenvalue weighted by Crippen LogP contribution is 2.30. The number of hydrogen-bond acceptors (Lipinski definition) is 4. The molecule has 2 aromatic rings. The Morgan fingerprint density at radius 2 is 2.00 bits per heavy atom. The van der Waals surface area contributed by atoms with Crippen molar-refractivity contribution in [3.05, 3.63) is 51.5 Å². The van der Waals surface area contributed by atoms with Crippen molar-refractivity contribution in [2.24, 2.45) is 0 Å². The second-order valence-corrected chi connectivity index (χ2v) is 7.21. The Morgan fingerprint density at radius 3 is 2.67 bits per heavy atom. The second kappa shape index (κ2) is 7.32. The van der Waals surface area contributed by atoms with Crippen LogP contribution in [0.15, 0.2) is 30.3 Å². The molecule has 128 valence electrons. The largest absolute Gasteiger partial charge is 0.495 e. The third-order valence-electron chi connectivity index (χ3n) is 4.19. The summed E-state index contributed by atoms with van der Waals surface area (Å²) in [5.74, 6) is 0.488. The number of aryl methyl sites for hydroxylation is 1. The maximum Gasteiger partial charge on any atom is 0.267 e. The van der Waals surface area contributed by atoms with Gasteiger partial charge in [0.2, 0.25) is 0 Å². The summed E-state index contributed by atoms with van der Waals surface area (Å²) in [6.45, 7) is 5.61. The van der Waals surface area contributed by atoms with Gasteiger partial charge in [0.1, 0.15) is 16.4 Å². The van der Waals surface area contributed by atoms with Gasteiger partial charge in [-0.25, -0.2) is 4.39 Å². The highest BCUT2D eigenvalue weighted by Gasteiger charge is 2.25. The topological polar surface area (TPSA) is 32.8 Å². The van der Waals surface area contributed by atoms with Gasteiger partial charge in [-0.3, -0.25) is 9.69 Å². The summed E-state index contributed by atoms with van der Waals surface area (Å²) in [6.07, 6.45) is 0. The van der Waals surface area contributed by atoms with Crippen LogP contribution in [-0.4, -0.2) is 49.0 Å². The number of benzene rings is 1. The van der Waals surface area contributed by atoms with E-state index in [1.165, 1.54) is 17.4 Å². The zero-order valence-corrected chi connectivity index (χ0v) is 14.7. The van der Waals surface area contributed by atoms with Gasteiger partial charge in [0, 0.05) is 37.6 Å². The van der Waals surface area contributed by atoms with Gasteiger partial charge in [0.15, 0.2) is 0 Å². The number of carbonyl (C=O) groups excluding carboxylic acids is 1. The van der Waals surface area contributed by atoms with Crippen molar-refractivity contribution < 1.29 is 13.9 Å². The highest BCUT2D eigenvalue weighted by molar-refractivity contribution is 7.14. The number of nitrogens with zero attached hydrogens (tertiary/aromatic N) is 2. The van der Waals surface area contributed by atoms with Crippen LogP contribution in [0.1, 0.15) is 20.1 Å². The Balaban J connectivity index is 1.59. The van der Waals surface area contributed by atoms with E-state index < -0.39 is 0 Å². The Morgan fingerprint density at radius 1 is 1.25 bits per heavy atom. The SMILES string of the molecule is COc1cc(C)sc1C(=O)N1CCN(Cc2cccc(F)c2)CC1. The van der Waals surface area contributed by atoms with E-state index in [1.54, 1.807) is 19.2 Å². The molecule has 0 atom stereocenters. The van der Waals surface area contributed by atoms with Crippen LogP contribution in [0.25, 0.3) is 0 Å². The Bertz CT molecular complexity index is 724. The van der Waals surface area contributed by atoms with Crippen LogP contribution < -0.4 is 4.74 Å². The molecule has 0 spiro atoms. The molecule has 1 saturated heterocycles. The highest BCUT2D eigenvalue weighted by atomic mass is 32.1. The van der Waals surface area contributed by atoms with Crippen molar-refractivity contribution >= 4 is 17.2 Å². The molecule has 1 aliphatic rings. The number of ether oxygens (including phenoxy) is 1. The number of thiophene rings is 1. The maximum absolute atomic E-state index is 13.3. The molecule has 0 saturated carbocycles. The van der Waals surface area contributed by atoms with Crippen molar-refractivity contribution in [1.82, 2.24) is 9.80 Å². The number of halogens is 1. The summed E-state index contributed by atoms with van der Waals surface area (Å²) < 4.78 is 18.6. The van der Waals surface area contributed by atoms with Crippen molar-refractivity contribution in [3.63, 3.8) is 0 Å². The Kier molecular flexibility index (Phi) is 5.16. The van der Waals surface area contributed by atoms with E-state index in [0.717, 1.165) is 23.5 Å². The normalized spacial score (nSPS) is 15.5. The number of carbonyl (C=O) groups is 1. The molecule has 1 aromatic carbocycles. The lowest BCUT2D eigenvalue weighted by molar-refractivity contribution is 0.0630. The first-order valence-corrected chi connectivity index (χ1v) is 8.79. The van der Waals surface area contributed by atoms with Crippen LogP contribution in [0, 0.1) is 12.7 Å². The first kappa shape index (κ1) is 16.9. The van der Waals surface area contributed by atoms with Crippen molar-refractivity contribution in [3.8, 4) is 5.75 Å². The predicted molar refractivity (Wildman–Crippen MR) is 93.2 cm³/mol. The minimum atomic E-state index is -0.207. The molecule has 6 heteroatoms. The molecule has 2 heterocycles.